The molecule has 1 aromatic rings. The average Bonchev–Trinajstić information content (AvgIpc) is 2.76. The summed E-state index contributed by atoms with van der Waals surface area (Å²) < 4.78 is 6.44. The molecule has 0 aromatic carbocycles. The Kier molecular flexibility index (Phi) is 6.03. The number of esters is 1. The number of nitrogens with zero attached hydrogens (tertiary/aromatic N) is 2. The fourth-order valence-electron chi connectivity index (χ4n) is 2.08. The van der Waals surface area contributed by atoms with Crippen molar-refractivity contribution in [3.05, 3.63) is 10.5 Å². The van der Waals surface area contributed by atoms with Crippen LogP contribution < -0.4 is 11.0 Å². The summed E-state index contributed by atoms with van der Waals surface area (Å²) in [5.74, 6) is 0.0761. The minimum Gasteiger partial charge on any atom is -0.468 e. The van der Waals surface area contributed by atoms with Crippen LogP contribution in [-0.4, -0.2) is 45.2 Å². The monoisotopic (exact) mass is 316 g/mol. The van der Waals surface area contributed by atoms with E-state index in [1.54, 1.807) is 11.5 Å². The molecular formula is C13H24N4O3S. The lowest BCUT2D eigenvalue weighted by atomic mass is 10.0. The van der Waals surface area contributed by atoms with Crippen molar-refractivity contribution in [3.63, 3.8) is 0 Å². The fraction of sp³-hybridized carbons (Fsp3) is 0.769. The zero-order valence-corrected chi connectivity index (χ0v) is 14.2. The first-order valence-corrected chi connectivity index (χ1v) is 7.85. The summed E-state index contributed by atoms with van der Waals surface area (Å²) in [5, 5.41) is 10.2. The van der Waals surface area contributed by atoms with E-state index >= 15 is 0 Å². The SMILES string of the molecule is COC(=O)C(C)(CSc1n[nH]c(=O)n1C(C)C)NC(C)C. The number of carbonyl (C=O) groups is 1. The topological polar surface area (TPSA) is 89.0 Å². The van der Waals surface area contributed by atoms with Gasteiger partial charge < -0.3 is 4.74 Å². The van der Waals surface area contributed by atoms with E-state index in [0.29, 0.717) is 10.9 Å². The second-order valence-corrected chi connectivity index (χ2v) is 6.63. The van der Waals surface area contributed by atoms with Crippen molar-refractivity contribution in [2.24, 2.45) is 0 Å². The van der Waals surface area contributed by atoms with Gasteiger partial charge in [0.25, 0.3) is 0 Å². The second-order valence-electron chi connectivity index (χ2n) is 5.69. The molecule has 1 aromatic heterocycles. The highest BCUT2D eigenvalue weighted by atomic mass is 32.2. The van der Waals surface area contributed by atoms with Crippen molar-refractivity contribution >= 4 is 17.7 Å². The highest BCUT2D eigenvalue weighted by molar-refractivity contribution is 7.99. The lowest BCUT2D eigenvalue weighted by Crippen LogP contribution is -2.55. The van der Waals surface area contributed by atoms with Gasteiger partial charge in [0.15, 0.2) is 5.16 Å². The number of rotatable bonds is 7. The summed E-state index contributed by atoms with van der Waals surface area (Å²) in [6.45, 7) is 9.53. The van der Waals surface area contributed by atoms with Crippen LogP contribution in [0.3, 0.4) is 0 Å². The van der Waals surface area contributed by atoms with Crippen molar-refractivity contribution in [2.45, 2.75) is 57.4 Å². The fourth-order valence-corrected chi connectivity index (χ4v) is 3.24. The zero-order chi connectivity index (χ0) is 16.2. The Morgan fingerprint density at radius 1 is 1.48 bits per heavy atom. The molecule has 0 saturated heterocycles. The van der Waals surface area contributed by atoms with E-state index in [4.69, 9.17) is 4.74 Å². The first-order chi connectivity index (χ1) is 9.71. The number of methoxy groups -OCH3 is 1. The van der Waals surface area contributed by atoms with Gasteiger partial charge in [-0.05, 0) is 34.6 Å². The quantitative estimate of drug-likeness (QED) is 0.580. The predicted octanol–water partition coefficient (Wildman–Crippen LogP) is 1.17. The van der Waals surface area contributed by atoms with Gasteiger partial charge in [0.2, 0.25) is 0 Å². The Labute approximate surface area is 128 Å². The number of carbonyl (C=O) groups excluding carboxylic acids is 1. The van der Waals surface area contributed by atoms with Crippen LogP contribution in [0.5, 0.6) is 0 Å². The molecule has 0 aliphatic carbocycles. The summed E-state index contributed by atoms with van der Waals surface area (Å²) in [4.78, 5) is 23.7. The van der Waals surface area contributed by atoms with Crippen molar-refractivity contribution in [1.29, 1.82) is 0 Å². The number of aromatic amines is 1. The van der Waals surface area contributed by atoms with Crippen molar-refractivity contribution in [2.75, 3.05) is 12.9 Å². The van der Waals surface area contributed by atoms with E-state index in [1.165, 1.54) is 18.9 Å². The Morgan fingerprint density at radius 3 is 2.57 bits per heavy atom. The minimum absolute atomic E-state index is 0.00110. The average molecular weight is 316 g/mol. The molecule has 0 spiro atoms. The van der Waals surface area contributed by atoms with Gasteiger partial charge in [-0.2, -0.15) is 0 Å². The van der Waals surface area contributed by atoms with Crippen LogP contribution in [0, 0.1) is 0 Å². The first-order valence-electron chi connectivity index (χ1n) is 6.87. The van der Waals surface area contributed by atoms with Crippen LogP contribution >= 0.6 is 11.8 Å². The molecule has 0 radical (unpaired) electrons. The van der Waals surface area contributed by atoms with Gasteiger partial charge in [0.05, 0.1) is 7.11 Å². The molecule has 1 atom stereocenters. The largest absolute Gasteiger partial charge is 0.468 e. The van der Waals surface area contributed by atoms with E-state index in [9.17, 15) is 9.59 Å². The van der Waals surface area contributed by atoms with Crippen LogP contribution in [0.15, 0.2) is 9.95 Å². The Balaban J connectivity index is 2.92. The Hall–Kier alpha value is -1.28. The highest BCUT2D eigenvalue weighted by Crippen LogP contribution is 2.23. The van der Waals surface area contributed by atoms with Crippen LogP contribution in [0.4, 0.5) is 0 Å². The van der Waals surface area contributed by atoms with E-state index in [2.05, 4.69) is 15.5 Å². The maximum Gasteiger partial charge on any atom is 0.344 e. The van der Waals surface area contributed by atoms with E-state index < -0.39 is 5.54 Å². The molecule has 0 bridgehead atoms. The smallest absolute Gasteiger partial charge is 0.344 e. The van der Waals surface area contributed by atoms with Gasteiger partial charge in [-0.15, -0.1) is 5.10 Å². The molecule has 0 fully saturated rings. The standard InChI is InChI=1S/C13H24N4O3S/c1-8(2)14-13(5,10(18)20-6)7-21-12-16-15-11(19)17(12)9(3)4/h8-9,14H,7H2,1-6H3,(H,15,19). The molecular weight excluding hydrogens is 292 g/mol. The number of H-pyrrole nitrogens is 1. The van der Waals surface area contributed by atoms with Crippen LogP contribution in [0.25, 0.3) is 0 Å². The van der Waals surface area contributed by atoms with Crippen LogP contribution in [0.1, 0.15) is 40.7 Å². The summed E-state index contributed by atoms with van der Waals surface area (Å²) >= 11 is 1.35. The van der Waals surface area contributed by atoms with Crippen LogP contribution in [-0.2, 0) is 9.53 Å². The third-order valence-electron chi connectivity index (χ3n) is 2.92. The number of ether oxygens (including phenoxy) is 1. The number of hydrogen-bond acceptors (Lipinski definition) is 6. The molecule has 0 aliphatic rings. The summed E-state index contributed by atoms with van der Waals surface area (Å²) in [6.07, 6.45) is 0. The number of nitrogens with one attached hydrogen (secondary N) is 2. The zero-order valence-electron chi connectivity index (χ0n) is 13.4. The third kappa shape index (κ3) is 4.34. The predicted molar refractivity (Wildman–Crippen MR) is 82.6 cm³/mol. The molecule has 0 saturated carbocycles. The summed E-state index contributed by atoms with van der Waals surface area (Å²) in [5.41, 5.74) is -1.09. The molecule has 2 N–H and O–H groups in total. The van der Waals surface area contributed by atoms with Crippen molar-refractivity contribution in [1.82, 2.24) is 20.1 Å². The highest BCUT2D eigenvalue weighted by Gasteiger charge is 2.35. The molecule has 1 rings (SSSR count). The molecule has 7 nitrogen and oxygen atoms in total. The first kappa shape index (κ1) is 17.8. The molecule has 21 heavy (non-hydrogen) atoms. The van der Waals surface area contributed by atoms with E-state index in [1.807, 2.05) is 27.7 Å². The lowest BCUT2D eigenvalue weighted by molar-refractivity contribution is -0.147. The van der Waals surface area contributed by atoms with Crippen molar-refractivity contribution < 1.29 is 9.53 Å². The normalized spacial score (nSPS) is 14.5. The summed E-state index contributed by atoms with van der Waals surface area (Å²) in [6, 6.07) is 0.127. The molecule has 0 aliphatic heterocycles. The Morgan fingerprint density at radius 2 is 2.10 bits per heavy atom. The van der Waals surface area contributed by atoms with Gasteiger partial charge in [-0.1, -0.05) is 11.8 Å². The third-order valence-corrected chi connectivity index (χ3v) is 4.19. The Bertz CT molecular complexity index is 538. The van der Waals surface area contributed by atoms with Gasteiger partial charge in [-0.25, -0.2) is 9.89 Å². The number of aromatic nitrogens is 3. The molecule has 1 heterocycles. The van der Waals surface area contributed by atoms with Crippen LogP contribution in [0.2, 0.25) is 0 Å². The summed E-state index contributed by atoms with van der Waals surface area (Å²) in [7, 11) is 1.37. The van der Waals surface area contributed by atoms with Gasteiger partial charge >= 0.3 is 11.7 Å². The number of thioether (sulfide) groups is 1. The number of hydrogen-bond donors (Lipinski definition) is 2. The maximum atomic E-state index is 12.0. The van der Waals surface area contributed by atoms with Gasteiger partial charge in [0.1, 0.15) is 5.54 Å². The van der Waals surface area contributed by atoms with E-state index in [-0.39, 0.29) is 23.7 Å². The van der Waals surface area contributed by atoms with Gasteiger partial charge in [-0.3, -0.25) is 14.7 Å². The maximum absolute atomic E-state index is 12.0. The second kappa shape index (κ2) is 7.13. The molecule has 120 valence electrons. The molecule has 8 heteroatoms. The van der Waals surface area contributed by atoms with Gasteiger partial charge in [0, 0.05) is 17.8 Å². The van der Waals surface area contributed by atoms with Crippen molar-refractivity contribution in [3.8, 4) is 0 Å². The molecule has 1 unspecified atom stereocenters. The minimum atomic E-state index is -0.843. The lowest BCUT2D eigenvalue weighted by Gasteiger charge is -2.29. The molecule has 0 amide bonds. The van der Waals surface area contributed by atoms with E-state index in [0.717, 1.165) is 0 Å².